The molecule has 0 saturated carbocycles. The van der Waals surface area contributed by atoms with Crippen LogP contribution in [0.5, 0.6) is 0 Å². The maximum atomic E-state index is 13.0. The average Bonchev–Trinajstić information content (AvgIpc) is 2.98. The molecule has 1 atom stereocenters. The minimum absolute atomic E-state index is 0.00239. The monoisotopic (exact) mass is 345 g/mol. The molecule has 1 aliphatic rings. The number of aromatic nitrogens is 1. The Hall–Kier alpha value is -2.70. The van der Waals surface area contributed by atoms with E-state index in [-0.39, 0.29) is 35.4 Å². The molecule has 0 aliphatic heterocycles. The number of amides is 2. The van der Waals surface area contributed by atoms with Crippen LogP contribution in [0.15, 0.2) is 28.8 Å². The summed E-state index contributed by atoms with van der Waals surface area (Å²) in [6, 6.07) is 5.26. The highest BCUT2D eigenvalue weighted by Crippen LogP contribution is 2.25. The number of fused-ring (bicyclic) bond motifs is 1. The van der Waals surface area contributed by atoms with Gasteiger partial charge in [0.2, 0.25) is 0 Å². The van der Waals surface area contributed by atoms with E-state index >= 15 is 0 Å². The number of carbonyl (C=O) groups is 2. The first-order valence-electron chi connectivity index (χ1n) is 8.28. The topological polar surface area (TPSA) is 84.2 Å². The third-order valence-electron chi connectivity index (χ3n) is 4.12. The summed E-state index contributed by atoms with van der Waals surface area (Å²) in [6.45, 7) is 3.74. The maximum absolute atomic E-state index is 13.0. The predicted molar refractivity (Wildman–Crippen MR) is 88.8 cm³/mol. The first-order chi connectivity index (χ1) is 11.9. The van der Waals surface area contributed by atoms with E-state index in [1.807, 2.05) is 13.8 Å². The summed E-state index contributed by atoms with van der Waals surface area (Å²) in [7, 11) is 0. The minimum Gasteiger partial charge on any atom is -0.360 e. The van der Waals surface area contributed by atoms with Gasteiger partial charge >= 0.3 is 0 Å². The predicted octanol–water partition coefficient (Wildman–Crippen LogP) is 2.24. The molecule has 0 spiro atoms. The SMILES string of the molecule is CC(C)NC(=O)c1noc2c1CC(NC(=O)c1ccc(F)cc1)CC2. The van der Waals surface area contributed by atoms with Gasteiger partial charge in [-0.25, -0.2) is 4.39 Å². The van der Waals surface area contributed by atoms with E-state index in [0.29, 0.717) is 30.6 Å². The highest BCUT2D eigenvalue weighted by Gasteiger charge is 2.29. The summed E-state index contributed by atoms with van der Waals surface area (Å²) in [5.41, 5.74) is 1.42. The summed E-state index contributed by atoms with van der Waals surface area (Å²) >= 11 is 0. The molecule has 1 unspecified atom stereocenters. The van der Waals surface area contributed by atoms with Crippen LogP contribution in [0.3, 0.4) is 0 Å². The van der Waals surface area contributed by atoms with Crippen LogP contribution >= 0.6 is 0 Å². The van der Waals surface area contributed by atoms with Crippen LogP contribution in [0.1, 0.15) is 52.4 Å². The number of halogens is 1. The van der Waals surface area contributed by atoms with E-state index in [1.54, 1.807) is 0 Å². The third kappa shape index (κ3) is 3.87. The molecule has 0 fully saturated rings. The number of aryl methyl sites for hydroxylation is 1. The van der Waals surface area contributed by atoms with Crippen molar-refractivity contribution in [2.75, 3.05) is 0 Å². The van der Waals surface area contributed by atoms with E-state index in [4.69, 9.17) is 4.52 Å². The van der Waals surface area contributed by atoms with Crippen molar-refractivity contribution in [1.82, 2.24) is 15.8 Å². The molecule has 2 N–H and O–H groups in total. The van der Waals surface area contributed by atoms with Crippen molar-refractivity contribution in [3.63, 3.8) is 0 Å². The first-order valence-corrected chi connectivity index (χ1v) is 8.28. The summed E-state index contributed by atoms with van der Waals surface area (Å²) in [5.74, 6) is -0.228. The molecule has 1 aromatic carbocycles. The second-order valence-electron chi connectivity index (χ2n) is 6.48. The second-order valence-corrected chi connectivity index (χ2v) is 6.48. The quantitative estimate of drug-likeness (QED) is 0.890. The molecule has 0 saturated heterocycles. The van der Waals surface area contributed by atoms with Gasteiger partial charge in [0.25, 0.3) is 11.8 Å². The lowest BCUT2D eigenvalue weighted by Crippen LogP contribution is -2.39. The van der Waals surface area contributed by atoms with E-state index in [9.17, 15) is 14.0 Å². The molecule has 1 aromatic heterocycles. The van der Waals surface area contributed by atoms with Crippen LogP contribution in [0.25, 0.3) is 0 Å². The van der Waals surface area contributed by atoms with E-state index < -0.39 is 0 Å². The van der Waals surface area contributed by atoms with Crippen LogP contribution in [-0.4, -0.2) is 29.1 Å². The number of hydrogen-bond acceptors (Lipinski definition) is 4. The number of rotatable bonds is 4. The van der Waals surface area contributed by atoms with Crippen molar-refractivity contribution >= 4 is 11.8 Å². The molecule has 2 amide bonds. The van der Waals surface area contributed by atoms with E-state index in [0.717, 1.165) is 5.56 Å². The van der Waals surface area contributed by atoms with Gasteiger partial charge in [-0.3, -0.25) is 9.59 Å². The second kappa shape index (κ2) is 7.04. The fraction of sp³-hybridized carbons (Fsp3) is 0.389. The van der Waals surface area contributed by atoms with Crippen LogP contribution in [0.4, 0.5) is 4.39 Å². The van der Waals surface area contributed by atoms with Crippen molar-refractivity contribution in [2.24, 2.45) is 0 Å². The van der Waals surface area contributed by atoms with Crippen LogP contribution in [0, 0.1) is 5.82 Å². The van der Waals surface area contributed by atoms with Gasteiger partial charge in [0.05, 0.1) is 0 Å². The Morgan fingerprint density at radius 1 is 1.24 bits per heavy atom. The molecule has 1 aliphatic carbocycles. The van der Waals surface area contributed by atoms with Gasteiger partial charge in [-0.2, -0.15) is 0 Å². The number of nitrogens with one attached hydrogen (secondary N) is 2. The molecule has 7 heteroatoms. The van der Waals surface area contributed by atoms with E-state index in [1.165, 1.54) is 24.3 Å². The molecule has 0 bridgehead atoms. The number of nitrogens with zero attached hydrogens (tertiary/aromatic N) is 1. The molecule has 3 rings (SSSR count). The molecule has 2 aromatic rings. The van der Waals surface area contributed by atoms with Gasteiger partial charge in [0, 0.05) is 29.6 Å². The maximum Gasteiger partial charge on any atom is 0.273 e. The first kappa shape index (κ1) is 17.1. The minimum atomic E-state index is -0.385. The van der Waals surface area contributed by atoms with Crippen molar-refractivity contribution in [1.29, 1.82) is 0 Å². The van der Waals surface area contributed by atoms with Crippen LogP contribution in [-0.2, 0) is 12.8 Å². The lowest BCUT2D eigenvalue weighted by atomic mass is 9.91. The summed E-state index contributed by atoms with van der Waals surface area (Å²) < 4.78 is 18.2. The Bertz CT molecular complexity index is 783. The third-order valence-corrected chi connectivity index (χ3v) is 4.12. The molecule has 132 valence electrons. The van der Waals surface area contributed by atoms with Gasteiger partial charge < -0.3 is 15.2 Å². The van der Waals surface area contributed by atoms with Gasteiger partial charge in [-0.05, 0) is 51.0 Å². The number of benzene rings is 1. The van der Waals surface area contributed by atoms with Gasteiger partial charge in [-0.1, -0.05) is 5.16 Å². The van der Waals surface area contributed by atoms with Gasteiger partial charge in [0.1, 0.15) is 11.6 Å². The standard InChI is InChI=1S/C18H20FN3O3/c1-10(2)20-18(24)16-14-9-13(7-8-15(14)25-22-16)21-17(23)11-3-5-12(19)6-4-11/h3-6,10,13H,7-9H2,1-2H3,(H,20,24)(H,21,23). The zero-order chi connectivity index (χ0) is 18.0. The van der Waals surface area contributed by atoms with Crippen molar-refractivity contribution in [2.45, 2.75) is 45.2 Å². The fourth-order valence-corrected chi connectivity index (χ4v) is 2.91. The fourth-order valence-electron chi connectivity index (χ4n) is 2.91. The van der Waals surface area contributed by atoms with Crippen LogP contribution in [0.2, 0.25) is 0 Å². The number of hydrogen-bond donors (Lipinski definition) is 2. The molecular weight excluding hydrogens is 325 g/mol. The smallest absolute Gasteiger partial charge is 0.273 e. The zero-order valence-electron chi connectivity index (χ0n) is 14.1. The molecular formula is C18H20FN3O3. The summed E-state index contributed by atoms with van der Waals surface area (Å²) in [6.07, 6.45) is 1.78. The lowest BCUT2D eigenvalue weighted by molar-refractivity contribution is 0.0928. The lowest BCUT2D eigenvalue weighted by Gasteiger charge is -2.22. The Morgan fingerprint density at radius 2 is 1.96 bits per heavy atom. The normalized spacial score (nSPS) is 16.4. The Labute approximate surface area is 144 Å². The average molecular weight is 345 g/mol. The molecule has 0 radical (unpaired) electrons. The summed E-state index contributed by atoms with van der Waals surface area (Å²) in [4.78, 5) is 24.5. The van der Waals surface area contributed by atoms with Crippen LogP contribution < -0.4 is 10.6 Å². The van der Waals surface area contributed by atoms with Crippen molar-refractivity contribution < 1.29 is 18.5 Å². The Kier molecular flexibility index (Phi) is 4.83. The Balaban J connectivity index is 1.70. The molecule has 6 nitrogen and oxygen atoms in total. The van der Waals surface area contributed by atoms with Crippen molar-refractivity contribution in [3.05, 3.63) is 52.7 Å². The van der Waals surface area contributed by atoms with Gasteiger partial charge in [-0.15, -0.1) is 0 Å². The largest absolute Gasteiger partial charge is 0.360 e. The molecule has 25 heavy (non-hydrogen) atoms. The Morgan fingerprint density at radius 3 is 2.64 bits per heavy atom. The summed E-state index contributed by atoms with van der Waals surface area (Å²) in [5, 5.41) is 9.62. The highest BCUT2D eigenvalue weighted by atomic mass is 19.1. The molecule has 1 heterocycles. The zero-order valence-corrected chi connectivity index (χ0v) is 14.1. The highest BCUT2D eigenvalue weighted by molar-refractivity contribution is 5.95. The van der Waals surface area contributed by atoms with Gasteiger partial charge in [0.15, 0.2) is 5.69 Å². The number of carbonyl (C=O) groups excluding carboxylic acids is 2. The van der Waals surface area contributed by atoms with E-state index in [2.05, 4.69) is 15.8 Å². The van der Waals surface area contributed by atoms with Crippen molar-refractivity contribution in [3.8, 4) is 0 Å².